The fourth-order valence-electron chi connectivity index (χ4n) is 2.67. The second-order valence-corrected chi connectivity index (χ2v) is 5.79. The molecule has 1 aromatic carbocycles. The number of aromatic nitrogens is 5. The third kappa shape index (κ3) is 2.35. The van der Waals surface area contributed by atoms with Crippen molar-refractivity contribution < 1.29 is 4.74 Å². The zero-order chi connectivity index (χ0) is 17.6. The van der Waals surface area contributed by atoms with Gasteiger partial charge < -0.3 is 4.74 Å². The Morgan fingerprint density at radius 3 is 2.72 bits per heavy atom. The molecule has 25 heavy (non-hydrogen) atoms. The molecule has 0 spiro atoms. The van der Waals surface area contributed by atoms with Crippen LogP contribution >= 0.6 is 11.6 Å². The Morgan fingerprint density at radius 1 is 1.12 bits per heavy atom. The van der Waals surface area contributed by atoms with Crippen LogP contribution in [0.4, 0.5) is 0 Å². The zero-order valence-corrected chi connectivity index (χ0v) is 14.1. The Morgan fingerprint density at radius 2 is 1.96 bits per heavy atom. The first-order valence-corrected chi connectivity index (χ1v) is 7.76. The second kappa shape index (κ2) is 5.69. The summed E-state index contributed by atoms with van der Waals surface area (Å²) in [6.45, 7) is 1.83. The van der Waals surface area contributed by atoms with Crippen molar-refractivity contribution in [2.75, 3.05) is 7.11 Å². The van der Waals surface area contributed by atoms with Crippen molar-refractivity contribution in [2.45, 2.75) is 6.92 Å². The van der Waals surface area contributed by atoms with E-state index in [4.69, 9.17) is 16.3 Å². The molecule has 3 heterocycles. The van der Waals surface area contributed by atoms with Gasteiger partial charge in [0.15, 0.2) is 11.3 Å². The Bertz CT molecular complexity index is 1180. The van der Waals surface area contributed by atoms with Crippen LogP contribution in [0.5, 0.6) is 5.88 Å². The molecule has 7 nitrogen and oxygen atoms in total. The molecule has 0 atom stereocenters. The SMILES string of the molecule is COc1ccc2nnc3c(C)nc(-c4cc(C#N)ccc4Cl)n3c2n1. The van der Waals surface area contributed by atoms with E-state index >= 15 is 0 Å². The Hall–Kier alpha value is -3.24. The predicted octanol–water partition coefficient (Wildman–Crippen LogP) is 3.18. The molecule has 0 aliphatic carbocycles. The normalized spacial score (nSPS) is 11.0. The number of aryl methyl sites for hydroxylation is 1. The van der Waals surface area contributed by atoms with Crippen molar-refractivity contribution >= 4 is 28.4 Å². The molecular weight excluding hydrogens is 340 g/mol. The van der Waals surface area contributed by atoms with Gasteiger partial charge in [0, 0.05) is 11.6 Å². The molecule has 0 N–H and O–H groups in total. The van der Waals surface area contributed by atoms with Crippen LogP contribution in [0.15, 0.2) is 30.3 Å². The fraction of sp³-hybridized carbons (Fsp3) is 0.118. The van der Waals surface area contributed by atoms with Crippen molar-refractivity contribution in [3.8, 4) is 23.3 Å². The lowest BCUT2D eigenvalue weighted by Crippen LogP contribution is -2.01. The van der Waals surface area contributed by atoms with Crippen molar-refractivity contribution in [3.63, 3.8) is 0 Å². The number of nitrogens with zero attached hydrogens (tertiary/aromatic N) is 6. The van der Waals surface area contributed by atoms with Crippen LogP contribution in [0.1, 0.15) is 11.3 Å². The Balaban J connectivity index is 2.15. The zero-order valence-electron chi connectivity index (χ0n) is 13.4. The van der Waals surface area contributed by atoms with E-state index in [1.165, 1.54) is 0 Å². The molecule has 0 aliphatic rings. The number of rotatable bonds is 2. The summed E-state index contributed by atoms with van der Waals surface area (Å²) in [6.07, 6.45) is 0. The highest BCUT2D eigenvalue weighted by molar-refractivity contribution is 6.33. The maximum absolute atomic E-state index is 9.19. The maximum atomic E-state index is 9.19. The summed E-state index contributed by atoms with van der Waals surface area (Å²) in [4.78, 5) is 9.07. The molecule has 0 aliphatic heterocycles. The molecule has 0 unspecified atom stereocenters. The average Bonchev–Trinajstić information content (AvgIpc) is 2.98. The van der Waals surface area contributed by atoms with Gasteiger partial charge in [-0.2, -0.15) is 10.2 Å². The van der Waals surface area contributed by atoms with E-state index in [1.807, 2.05) is 6.92 Å². The first-order valence-electron chi connectivity index (χ1n) is 7.39. The summed E-state index contributed by atoms with van der Waals surface area (Å²) < 4.78 is 7.00. The van der Waals surface area contributed by atoms with E-state index in [0.717, 1.165) is 0 Å². The number of hydrogen-bond acceptors (Lipinski definition) is 6. The molecule has 122 valence electrons. The lowest BCUT2D eigenvalue weighted by Gasteiger charge is -2.07. The average molecular weight is 351 g/mol. The van der Waals surface area contributed by atoms with Crippen LogP contribution < -0.4 is 4.74 Å². The van der Waals surface area contributed by atoms with Crippen molar-refractivity contribution in [2.24, 2.45) is 0 Å². The minimum absolute atomic E-state index is 0.455. The van der Waals surface area contributed by atoms with Gasteiger partial charge >= 0.3 is 0 Å². The summed E-state index contributed by atoms with van der Waals surface area (Å²) in [5, 5.41) is 18.1. The molecule has 0 bridgehead atoms. The van der Waals surface area contributed by atoms with E-state index in [0.29, 0.717) is 50.4 Å². The largest absolute Gasteiger partial charge is 0.481 e. The first-order chi connectivity index (χ1) is 12.1. The van der Waals surface area contributed by atoms with Gasteiger partial charge in [-0.3, -0.25) is 4.40 Å². The Labute approximate surface area is 147 Å². The van der Waals surface area contributed by atoms with Gasteiger partial charge in [-0.15, -0.1) is 10.2 Å². The maximum Gasteiger partial charge on any atom is 0.215 e. The summed E-state index contributed by atoms with van der Waals surface area (Å²) >= 11 is 6.36. The van der Waals surface area contributed by atoms with Gasteiger partial charge in [0.1, 0.15) is 11.3 Å². The number of imidazole rings is 1. The predicted molar refractivity (Wildman–Crippen MR) is 92.5 cm³/mol. The number of nitriles is 1. The molecule has 0 saturated heterocycles. The van der Waals surface area contributed by atoms with Gasteiger partial charge in [-0.1, -0.05) is 11.6 Å². The smallest absolute Gasteiger partial charge is 0.215 e. The van der Waals surface area contributed by atoms with Crippen LogP contribution in [0.3, 0.4) is 0 Å². The molecule has 3 aromatic heterocycles. The third-order valence-electron chi connectivity index (χ3n) is 3.86. The number of benzene rings is 1. The minimum atomic E-state index is 0.455. The van der Waals surface area contributed by atoms with E-state index in [2.05, 4.69) is 26.2 Å². The molecule has 0 amide bonds. The highest BCUT2D eigenvalue weighted by Crippen LogP contribution is 2.31. The lowest BCUT2D eigenvalue weighted by atomic mass is 10.1. The summed E-state index contributed by atoms with van der Waals surface area (Å²) in [7, 11) is 1.55. The highest BCUT2D eigenvalue weighted by atomic mass is 35.5. The second-order valence-electron chi connectivity index (χ2n) is 5.38. The van der Waals surface area contributed by atoms with Crippen LogP contribution in [-0.2, 0) is 0 Å². The topological polar surface area (TPSA) is 89.0 Å². The van der Waals surface area contributed by atoms with E-state index in [1.54, 1.807) is 41.8 Å². The van der Waals surface area contributed by atoms with Gasteiger partial charge in [0.25, 0.3) is 0 Å². The lowest BCUT2D eigenvalue weighted by molar-refractivity contribution is 0.399. The fourth-order valence-corrected chi connectivity index (χ4v) is 2.87. The van der Waals surface area contributed by atoms with Gasteiger partial charge in [0.2, 0.25) is 5.88 Å². The van der Waals surface area contributed by atoms with E-state index in [9.17, 15) is 5.26 Å². The minimum Gasteiger partial charge on any atom is -0.481 e. The van der Waals surface area contributed by atoms with Gasteiger partial charge in [0.05, 0.1) is 29.5 Å². The quantitative estimate of drug-likeness (QED) is 0.551. The van der Waals surface area contributed by atoms with Gasteiger partial charge in [-0.05, 0) is 31.2 Å². The Kier molecular flexibility index (Phi) is 3.48. The van der Waals surface area contributed by atoms with Crippen molar-refractivity contribution in [1.82, 2.24) is 24.6 Å². The van der Waals surface area contributed by atoms with E-state index in [-0.39, 0.29) is 0 Å². The summed E-state index contributed by atoms with van der Waals surface area (Å²) in [6, 6.07) is 10.6. The number of hydrogen-bond donors (Lipinski definition) is 0. The standard InChI is InChI=1S/C17H11ClN6O/c1-9-15-23-22-13-5-6-14(25-2)21-17(13)24(15)16(20-9)11-7-10(8-19)3-4-12(11)18/h3-7H,1-2H3. The van der Waals surface area contributed by atoms with Crippen LogP contribution in [0.2, 0.25) is 5.02 Å². The molecule has 4 rings (SSSR count). The summed E-state index contributed by atoms with van der Waals surface area (Å²) in [5.74, 6) is 1.01. The number of methoxy groups -OCH3 is 1. The number of fused-ring (bicyclic) bond motifs is 3. The molecule has 0 radical (unpaired) electrons. The van der Waals surface area contributed by atoms with Crippen molar-refractivity contribution in [3.05, 3.63) is 46.6 Å². The first kappa shape index (κ1) is 15.3. The highest BCUT2D eigenvalue weighted by Gasteiger charge is 2.18. The molecule has 0 fully saturated rings. The molecule has 8 heteroatoms. The van der Waals surface area contributed by atoms with E-state index < -0.39 is 0 Å². The summed E-state index contributed by atoms with van der Waals surface area (Å²) in [5.41, 5.74) is 3.53. The van der Waals surface area contributed by atoms with Crippen LogP contribution in [0, 0.1) is 18.3 Å². The molecular formula is C17H11ClN6O. The molecule has 0 saturated carbocycles. The van der Waals surface area contributed by atoms with Crippen molar-refractivity contribution in [1.29, 1.82) is 5.26 Å². The number of pyridine rings is 1. The van der Waals surface area contributed by atoms with Crippen LogP contribution in [0.25, 0.3) is 28.2 Å². The number of ether oxygens (including phenoxy) is 1. The van der Waals surface area contributed by atoms with Gasteiger partial charge in [-0.25, -0.2) is 4.98 Å². The number of halogens is 1. The third-order valence-corrected chi connectivity index (χ3v) is 4.19. The molecule has 4 aromatic rings. The monoisotopic (exact) mass is 350 g/mol. The van der Waals surface area contributed by atoms with Crippen LogP contribution in [-0.4, -0.2) is 31.7 Å².